The van der Waals surface area contributed by atoms with E-state index in [1.807, 2.05) is 55.5 Å². The fourth-order valence-corrected chi connectivity index (χ4v) is 4.52. The summed E-state index contributed by atoms with van der Waals surface area (Å²) in [7, 11) is 0. The lowest BCUT2D eigenvalue weighted by Crippen LogP contribution is -2.28. The van der Waals surface area contributed by atoms with E-state index in [0.717, 1.165) is 29.0 Å². The molecule has 0 aliphatic carbocycles. The van der Waals surface area contributed by atoms with Crippen LogP contribution in [-0.2, 0) is 11.4 Å². The molecule has 0 saturated heterocycles. The molecule has 1 aromatic heterocycles. The van der Waals surface area contributed by atoms with Gasteiger partial charge in [0, 0.05) is 27.6 Å². The number of ether oxygens (including phenoxy) is 1. The van der Waals surface area contributed by atoms with Crippen LogP contribution in [0, 0.1) is 0 Å². The first-order valence-corrected chi connectivity index (χ1v) is 11.9. The molecule has 0 saturated carbocycles. The zero-order chi connectivity index (χ0) is 22.7. The summed E-state index contributed by atoms with van der Waals surface area (Å²) in [5, 5.41) is 9.36. The average molecular weight is 469 g/mol. The lowest BCUT2D eigenvalue weighted by atomic mass is 9.92. The molecule has 0 spiro atoms. The van der Waals surface area contributed by atoms with E-state index in [2.05, 4.69) is 17.2 Å². The minimum absolute atomic E-state index is 0.0172. The number of hydrogen-bond donors (Lipinski definition) is 1. The summed E-state index contributed by atoms with van der Waals surface area (Å²) in [5.74, 6) is 2.24. The number of halogens is 1. The van der Waals surface area contributed by atoms with Gasteiger partial charge in [-0.15, -0.1) is 5.10 Å². The molecule has 1 atom stereocenters. The number of nitrogens with one attached hydrogen (secondary N) is 1. The maximum Gasteiger partial charge on any atom is 0.227 e. The van der Waals surface area contributed by atoms with Crippen LogP contribution in [0.4, 0.5) is 5.95 Å². The number of Topliss-reactive ketones (excluding diaryl/α,β-unsaturated/α-hetero) is 1. The molecule has 6 nitrogen and oxygen atoms in total. The van der Waals surface area contributed by atoms with Crippen LogP contribution in [0.25, 0.3) is 0 Å². The predicted molar refractivity (Wildman–Crippen MR) is 128 cm³/mol. The van der Waals surface area contributed by atoms with E-state index in [1.54, 1.807) is 23.4 Å². The smallest absolute Gasteiger partial charge is 0.227 e. The van der Waals surface area contributed by atoms with Gasteiger partial charge in [0.25, 0.3) is 0 Å². The summed E-state index contributed by atoms with van der Waals surface area (Å²) in [6.07, 6.45) is 1.03. The van der Waals surface area contributed by atoms with E-state index < -0.39 is 6.04 Å². The van der Waals surface area contributed by atoms with Gasteiger partial charge in [-0.2, -0.15) is 4.98 Å². The Morgan fingerprint density at radius 3 is 2.69 bits per heavy atom. The quantitative estimate of drug-likeness (QED) is 0.415. The van der Waals surface area contributed by atoms with Crippen molar-refractivity contribution in [3.63, 3.8) is 0 Å². The summed E-state index contributed by atoms with van der Waals surface area (Å²) >= 11 is 7.60. The van der Waals surface area contributed by atoms with Crippen molar-refractivity contribution in [3.8, 4) is 5.75 Å². The van der Waals surface area contributed by atoms with Crippen LogP contribution in [0.2, 0.25) is 5.02 Å². The van der Waals surface area contributed by atoms with E-state index >= 15 is 0 Å². The number of aromatic nitrogens is 3. The highest BCUT2D eigenvalue weighted by Gasteiger charge is 2.34. The van der Waals surface area contributed by atoms with Crippen molar-refractivity contribution in [1.29, 1.82) is 0 Å². The molecule has 0 radical (unpaired) electrons. The highest BCUT2D eigenvalue weighted by Crippen LogP contribution is 2.40. The second kappa shape index (κ2) is 9.79. The van der Waals surface area contributed by atoms with Crippen LogP contribution >= 0.6 is 23.4 Å². The largest absolute Gasteiger partial charge is 0.489 e. The normalized spacial score (nSPS) is 15.3. The monoisotopic (exact) mass is 468 g/mol. The lowest BCUT2D eigenvalue weighted by molar-refractivity contribution is -0.114. The molecule has 1 aliphatic heterocycles. The molecule has 4 rings (SSSR count). The van der Waals surface area contributed by atoms with Crippen LogP contribution in [0.1, 0.15) is 44.4 Å². The average Bonchev–Trinajstić information content (AvgIpc) is 3.18. The number of hydrogen-bond acceptors (Lipinski definition) is 6. The number of fused-ring (bicyclic) bond motifs is 1. The van der Waals surface area contributed by atoms with Gasteiger partial charge < -0.3 is 10.1 Å². The number of ketones is 1. The molecule has 2 heterocycles. The number of carbonyl (C=O) groups excluding carboxylic acids is 1. The highest BCUT2D eigenvalue weighted by molar-refractivity contribution is 7.99. The Kier molecular flexibility index (Phi) is 6.86. The first-order chi connectivity index (χ1) is 15.5. The molecule has 1 N–H and O–H groups in total. The zero-order valence-electron chi connectivity index (χ0n) is 18.3. The molecule has 2 aromatic carbocycles. The first kappa shape index (κ1) is 22.4. The van der Waals surface area contributed by atoms with Crippen molar-refractivity contribution in [2.75, 3.05) is 11.1 Å². The number of rotatable bonds is 8. The van der Waals surface area contributed by atoms with Crippen molar-refractivity contribution in [2.24, 2.45) is 0 Å². The van der Waals surface area contributed by atoms with Crippen LogP contribution in [0.5, 0.6) is 5.75 Å². The Bertz CT molecular complexity index is 1160. The minimum atomic E-state index is -0.423. The van der Waals surface area contributed by atoms with Gasteiger partial charge >= 0.3 is 0 Å². The van der Waals surface area contributed by atoms with E-state index in [-0.39, 0.29) is 5.78 Å². The van der Waals surface area contributed by atoms with Gasteiger partial charge in [0.2, 0.25) is 11.1 Å². The molecule has 0 bridgehead atoms. The lowest BCUT2D eigenvalue weighted by Gasteiger charge is -2.29. The van der Waals surface area contributed by atoms with Crippen molar-refractivity contribution in [1.82, 2.24) is 14.8 Å². The minimum Gasteiger partial charge on any atom is -0.489 e. The summed E-state index contributed by atoms with van der Waals surface area (Å²) in [6, 6.07) is 14.9. The Morgan fingerprint density at radius 1 is 1.22 bits per heavy atom. The van der Waals surface area contributed by atoms with Gasteiger partial charge in [0.1, 0.15) is 18.4 Å². The maximum absolute atomic E-state index is 12.7. The molecular weight excluding hydrogens is 444 g/mol. The van der Waals surface area contributed by atoms with Gasteiger partial charge in [-0.1, -0.05) is 60.6 Å². The molecule has 0 amide bonds. The number of nitrogens with zero attached hydrogens (tertiary/aromatic N) is 3. The Morgan fingerprint density at radius 2 is 1.97 bits per heavy atom. The van der Waals surface area contributed by atoms with Gasteiger partial charge in [0.15, 0.2) is 5.78 Å². The number of benzene rings is 2. The number of allylic oxidation sites excluding steroid dienone is 2. The fourth-order valence-electron chi connectivity index (χ4n) is 3.71. The second-order valence-corrected chi connectivity index (χ2v) is 9.08. The summed E-state index contributed by atoms with van der Waals surface area (Å²) in [6.45, 7) is 5.99. The molecule has 1 aliphatic rings. The van der Waals surface area contributed by atoms with Gasteiger partial charge in [-0.05, 0) is 44.0 Å². The van der Waals surface area contributed by atoms with E-state index in [4.69, 9.17) is 21.4 Å². The molecule has 0 fully saturated rings. The Balaban J connectivity index is 1.73. The SMILES string of the molecule is CCCSc1nc2n(n1)C(c1ccccc1OCc1ccc(Cl)cc1)C(C(C)=O)=C(C)N2. The Hall–Kier alpha value is -2.77. The van der Waals surface area contributed by atoms with Crippen molar-refractivity contribution in [3.05, 3.63) is 76.0 Å². The topological polar surface area (TPSA) is 69.0 Å². The van der Waals surface area contributed by atoms with Gasteiger partial charge in [0.05, 0.1) is 0 Å². The van der Waals surface area contributed by atoms with Crippen molar-refractivity contribution >= 4 is 35.1 Å². The number of thioether (sulfide) groups is 1. The molecule has 8 heteroatoms. The van der Waals surface area contributed by atoms with Crippen LogP contribution in [0.15, 0.2) is 65.0 Å². The number of para-hydroxylation sites is 1. The highest BCUT2D eigenvalue weighted by atomic mass is 35.5. The third-order valence-electron chi connectivity index (χ3n) is 5.17. The molecule has 1 unspecified atom stereocenters. The number of anilines is 1. The first-order valence-electron chi connectivity index (χ1n) is 10.5. The molecule has 166 valence electrons. The van der Waals surface area contributed by atoms with E-state index in [9.17, 15) is 4.79 Å². The van der Waals surface area contributed by atoms with Crippen LogP contribution < -0.4 is 10.1 Å². The van der Waals surface area contributed by atoms with Gasteiger partial charge in [-0.3, -0.25) is 4.79 Å². The number of carbonyl (C=O) groups is 1. The summed E-state index contributed by atoms with van der Waals surface area (Å²) < 4.78 is 8.00. The van der Waals surface area contributed by atoms with Crippen molar-refractivity contribution < 1.29 is 9.53 Å². The standard InChI is InChI=1S/C24H25ClN4O2S/c1-4-13-32-24-27-23-26-15(2)21(16(3)30)22(29(23)28-24)19-7-5-6-8-20(19)31-14-17-9-11-18(25)12-10-17/h5-12,22H,4,13-14H2,1-3H3,(H,26,27,28). The van der Waals surface area contributed by atoms with Crippen LogP contribution in [0.3, 0.4) is 0 Å². The zero-order valence-corrected chi connectivity index (χ0v) is 19.8. The molecule has 3 aromatic rings. The van der Waals surface area contributed by atoms with E-state index in [1.165, 1.54) is 0 Å². The fraction of sp³-hybridized carbons (Fsp3) is 0.292. The predicted octanol–water partition coefficient (Wildman–Crippen LogP) is 5.89. The van der Waals surface area contributed by atoms with Crippen LogP contribution in [-0.4, -0.2) is 26.3 Å². The summed E-state index contributed by atoms with van der Waals surface area (Å²) in [4.78, 5) is 17.3. The third kappa shape index (κ3) is 4.69. The van der Waals surface area contributed by atoms with E-state index in [0.29, 0.717) is 34.1 Å². The molecule has 32 heavy (non-hydrogen) atoms. The second-order valence-electron chi connectivity index (χ2n) is 7.59. The third-order valence-corrected chi connectivity index (χ3v) is 6.46. The van der Waals surface area contributed by atoms with Crippen molar-refractivity contribution in [2.45, 2.75) is 45.0 Å². The van der Waals surface area contributed by atoms with Gasteiger partial charge in [-0.25, -0.2) is 4.68 Å². The summed E-state index contributed by atoms with van der Waals surface area (Å²) in [5.41, 5.74) is 3.30. The Labute approximate surface area is 197 Å². The molecular formula is C24H25ClN4O2S. The maximum atomic E-state index is 12.7.